The minimum atomic E-state index is -0.469. The summed E-state index contributed by atoms with van der Waals surface area (Å²) >= 11 is 3.09. The number of rotatable bonds is 3. The Hall–Kier alpha value is -0.780. The van der Waals surface area contributed by atoms with Gasteiger partial charge in [-0.3, -0.25) is 0 Å². The summed E-state index contributed by atoms with van der Waals surface area (Å²) in [4.78, 5) is 9.41. The number of aliphatic hydroxyl groups excluding tert-OH is 1. The number of hydrogen-bond acceptors (Lipinski definition) is 5. The lowest BCUT2D eigenvalue weighted by atomic mass is 10.2. The van der Waals surface area contributed by atoms with Gasteiger partial charge in [0, 0.05) is 17.5 Å². The molecular formula is C10H12N2OS2. The SMILES string of the molecule is Cc1csc(CC(O)c2scnc2C)n1. The zero-order valence-corrected chi connectivity index (χ0v) is 10.2. The summed E-state index contributed by atoms with van der Waals surface area (Å²) in [6, 6.07) is 0. The summed E-state index contributed by atoms with van der Waals surface area (Å²) in [5.74, 6) is 0. The molecule has 2 heterocycles. The summed E-state index contributed by atoms with van der Waals surface area (Å²) in [6.07, 6.45) is 0.115. The van der Waals surface area contributed by atoms with Gasteiger partial charge < -0.3 is 5.11 Å². The maximum Gasteiger partial charge on any atom is 0.0964 e. The van der Waals surface area contributed by atoms with Crippen LogP contribution in [-0.4, -0.2) is 15.1 Å². The van der Waals surface area contributed by atoms with E-state index in [0.29, 0.717) is 6.42 Å². The Balaban J connectivity index is 2.10. The summed E-state index contributed by atoms with van der Waals surface area (Å²) < 4.78 is 0. The zero-order valence-electron chi connectivity index (χ0n) is 8.60. The number of nitrogens with zero attached hydrogens (tertiary/aromatic N) is 2. The van der Waals surface area contributed by atoms with Crippen LogP contribution in [0.15, 0.2) is 10.9 Å². The molecule has 0 aromatic carbocycles. The standard InChI is InChI=1S/C10H12N2OS2/c1-6-4-14-9(12-6)3-8(13)10-7(2)11-5-15-10/h4-5,8,13H,3H2,1-2H3. The third-order valence-electron chi connectivity index (χ3n) is 2.12. The topological polar surface area (TPSA) is 46.0 Å². The minimum absolute atomic E-state index is 0.469. The van der Waals surface area contributed by atoms with Crippen LogP contribution in [0.3, 0.4) is 0 Å². The van der Waals surface area contributed by atoms with Crippen molar-refractivity contribution in [2.75, 3.05) is 0 Å². The van der Waals surface area contributed by atoms with Crippen molar-refractivity contribution in [2.45, 2.75) is 26.4 Å². The molecule has 0 aliphatic rings. The van der Waals surface area contributed by atoms with Gasteiger partial charge in [0.25, 0.3) is 0 Å². The summed E-state index contributed by atoms with van der Waals surface area (Å²) in [7, 11) is 0. The number of hydrogen-bond donors (Lipinski definition) is 1. The van der Waals surface area contributed by atoms with Gasteiger partial charge in [-0.15, -0.1) is 22.7 Å². The first-order valence-corrected chi connectivity index (χ1v) is 6.42. The third-order valence-corrected chi connectivity index (χ3v) is 4.14. The van der Waals surface area contributed by atoms with Gasteiger partial charge in [0.15, 0.2) is 0 Å². The Morgan fingerprint density at radius 2 is 2.20 bits per heavy atom. The molecule has 1 unspecified atom stereocenters. The lowest BCUT2D eigenvalue weighted by Gasteiger charge is -2.06. The van der Waals surface area contributed by atoms with Crippen LogP contribution < -0.4 is 0 Å². The molecule has 5 heteroatoms. The fourth-order valence-electron chi connectivity index (χ4n) is 1.39. The fourth-order valence-corrected chi connectivity index (χ4v) is 2.98. The number of aryl methyl sites for hydroxylation is 2. The minimum Gasteiger partial charge on any atom is -0.387 e. The molecular weight excluding hydrogens is 228 g/mol. The van der Waals surface area contributed by atoms with Crippen molar-refractivity contribution < 1.29 is 5.11 Å². The highest BCUT2D eigenvalue weighted by Crippen LogP contribution is 2.25. The lowest BCUT2D eigenvalue weighted by molar-refractivity contribution is 0.181. The summed E-state index contributed by atoms with van der Waals surface area (Å²) in [5, 5.41) is 13.0. The van der Waals surface area contributed by atoms with Crippen molar-refractivity contribution in [3.8, 4) is 0 Å². The third kappa shape index (κ3) is 2.42. The van der Waals surface area contributed by atoms with Gasteiger partial charge >= 0.3 is 0 Å². The molecule has 1 N–H and O–H groups in total. The van der Waals surface area contributed by atoms with E-state index in [4.69, 9.17) is 0 Å². The van der Waals surface area contributed by atoms with Gasteiger partial charge in [0.1, 0.15) is 0 Å². The highest BCUT2D eigenvalue weighted by atomic mass is 32.1. The van der Waals surface area contributed by atoms with Crippen LogP contribution in [0.5, 0.6) is 0 Å². The van der Waals surface area contributed by atoms with Gasteiger partial charge in [0.2, 0.25) is 0 Å². The molecule has 0 spiro atoms. The van der Waals surface area contributed by atoms with Gasteiger partial charge in [-0.2, -0.15) is 0 Å². The normalized spacial score (nSPS) is 13.0. The molecule has 0 radical (unpaired) electrons. The van der Waals surface area contributed by atoms with Crippen LogP contribution >= 0.6 is 22.7 Å². The van der Waals surface area contributed by atoms with E-state index in [9.17, 15) is 5.11 Å². The molecule has 0 bridgehead atoms. The van der Waals surface area contributed by atoms with E-state index in [1.807, 2.05) is 19.2 Å². The van der Waals surface area contributed by atoms with E-state index >= 15 is 0 Å². The molecule has 2 aromatic rings. The van der Waals surface area contributed by atoms with Crippen molar-refractivity contribution in [3.05, 3.63) is 32.2 Å². The highest BCUT2D eigenvalue weighted by Gasteiger charge is 2.15. The van der Waals surface area contributed by atoms with Crippen LogP contribution in [-0.2, 0) is 6.42 Å². The van der Waals surface area contributed by atoms with E-state index in [1.54, 1.807) is 16.8 Å². The number of aromatic nitrogens is 2. The second-order valence-electron chi connectivity index (χ2n) is 3.40. The lowest BCUT2D eigenvalue weighted by Crippen LogP contribution is -2.01. The first-order valence-electron chi connectivity index (χ1n) is 4.66. The largest absolute Gasteiger partial charge is 0.387 e. The van der Waals surface area contributed by atoms with E-state index in [0.717, 1.165) is 21.3 Å². The average Bonchev–Trinajstić information content (AvgIpc) is 2.75. The first kappa shape index (κ1) is 10.7. The van der Waals surface area contributed by atoms with Crippen LogP contribution in [0, 0.1) is 13.8 Å². The molecule has 1 atom stereocenters. The second kappa shape index (κ2) is 4.38. The van der Waals surface area contributed by atoms with Crippen molar-refractivity contribution in [3.63, 3.8) is 0 Å². The fraction of sp³-hybridized carbons (Fsp3) is 0.400. The van der Waals surface area contributed by atoms with Crippen molar-refractivity contribution in [1.29, 1.82) is 0 Å². The van der Waals surface area contributed by atoms with Gasteiger partial charge in [0.05, 0.1) is 27.2 Å². The molecule has 0 saturated heterocycles. The molecule has 15 heavy (non-hydrogen) atoms. The van der Waals surface area contributed by atoms with Crippen molar-refractivity contribution in [2.24, 2.45) is 0 Å². The quantitative estimate of drug-likeness (QED) is 0.896. The molecule has 3 nitrogen and oxygen atoms in total. The van der Waals surface area contributed by atoms with Gasteiger partial charge in [-0.25, -0.2) is 9.97 Å². The zero-order chi connectivity index (χ0) is 10.8. The van der Waals surface area contributed by atoms with Crippen LogP contribution in [0.25, 0.3) is 0 Å². The average molecular weight is 240 g/mol. The Morgan fingerprint density at radius 1 is 1.40 bits per heavy atom. The number of thiazole rings is 2. The highest BCUT2D eigenvalue weighted by molar-refractivity contribution is 7.10. The van der Waals surface area contributed by atoms with Crippen LogP contribution in [0.2, 0.25) is 0 Å². The van der Waals surface area contributed by atoms with E-state index < -0.39 is 6.10 Å². The Labute approximate surface area is 96.5 Å². The van der Waals surface area contributed by atoms with Crippen LogP contribution in [0.1, 0.15) is 27.4 Å². The molecule has 80 valence electrons. The van der Waals surface area contributed by atoms with Crippen molar-refractivity contribution >= 4 is 22.7 Å². The molecule has 0 aliphatic carbocycles. The predicted molar refractivity (Wildman–Crippen MR) is 62.4 cm³/mol. The molecule has 2 aromatic heterocycles. The molecule has 2 rings (SSSR count). The molecule has 0 saturated carbocycles. The predicted octanol–water partition coefficient (Wildman–Crippen LogP) is 2.49. The Kier molecular flexibility index (Phi) is 3.14. The maximum absolute atomic E-state index is 9.99. The van der Waals surface area contributed by atoms with E-state index in [-0.39, 0.29) is 0 Å². The Bertz CT molecular complexity index is 450. The van der Waals surface area contributed by atoms with Gasteiger partial charge in [-0.05, 0) is 13.8 Å². The molecule has 0 aliphatic heterocycles. The molecule has 0 amide bonds. The second-order valence-corrected chi connectivity index (χ2v) is 5.23. The smallest absolute Gasteiger partial charge is 0.0964 e. The van der Waals surface area contributed by atoms with Crippen molar-refractivity contribution in [1.82, 2.24) is 9.97 Å². The van der Waals surface area contributed by atoms with E-state index in [2.05, 4.69) is 9.97 Å². The summed E-state index contributed by atoms with van der Waals surface area (Å²) in [5.41, 5.74) is 3.70. The maximum atomic E-state index is 9.99. The summed E-state index contributed by atoms with van der Waals surface area (Å²) in [6.45, 7) is 3.88. The van der Waals surface area contributed by atoms with Crippen LogP contribution in [0.4, 0.5) is 0 Å². The van der Waals surface area contributed by atoms with Gasteiger partial charge in [-0.1, -0.05) is 0 Å². The van der Waals surface area contributed by atoms with E-state index in [1.165, 1.54) is 11.3 Å². The number of aliphatic hydroxyl groups is 1. The molecule has 0 fully saturated rings. The Morgan fingerprint density at radius 3 is 2.73 bits per heavy atom. The first-order chi connectivity index (χ1) is 7.16. The monoisotopic (exact) mass is 240 g/mol.